The molecule has 88 valence electrons. The monoisotopic (exact) mass is 223 g/mol. The summed E-state index contributed by atoms with van der Waals surface area (Å²) < 4.78 is 5.42. The third kappa shape index (κ3) is 4.00. The van der Waals surface area contributed by atoms with E-state index in [0.717, 1.165) is 5.56 Å². The number of carboxylic acids is 1. The zero-order chi connectivity index (χ0) is 12.0. The predicted molar refractivity (Wildman–Crippen MR) is 61.0 cm³/mol. The van der Waals surface area contributed by atoms with Gasteiger partial charge in [-0.15, -0.1) is 0 Å². The van der Waals surface area contributed by atoms with E-state index < -0.39 is 12.0 Å². The zero-order valence-electron chi connectivity index (χ0n) is 9.59. The van der Waals surface area contributed by atoms with Crippen LogP contribution in [0.4, 0.5) is 0 Å². The van der Waals surface area contributed by atoms with Crippen LogP contribution in [0, 0.1) is 0 Å². The Morgan fingerprint density at radius 2 is 2.06 bits per heavy atom. The minimum Gasteiger partial charge on any atom is -0.480 e. The topological polar surface area (TPSA) is 49.8 Å². The number of hydrogen-bond donors (Lipinski definition) is 1. The van der Waals surface area contributed by atoms with Gasteiger partial charge in [0.1, 0.15) is 6.04 Å². The van der Waals surface area contributed by atoms with Crippen LogP contribution in [0.25, 0.3) is 0 Å². The standard InChI is InChI=1S/C12H17NO3/c1-10(12(14)15)13(2)9-16-8-11-6-4-3-5-7-11/h3-7,10H,8-9H2,1-2H3,(H,14,15)/t10-/m0/s1. The lowest BCUT2D eigenvalue weighted by molar-refractivity contribution is -0.144. The number of rotatable bonds is 6. The Morgan fingerprint density at radius 1 is 1.44 bits per heavy atom. The molecule has 0 aliphatic carbocycles. The Hall–Kier alpha value is -1.39. The predicted octanol–water partition coefficient (Wildman–Crippen LogP) is 1.57. The number of likely N-dealkylation sites (N-methyl/N-ethyl adjacent to an activating group) is 1. The molecule has 0 aliphatic heterocycles. The molecule has 4 nitrogen and oxygen atoms in total. The highest BCUT2D eigenvalue weighted by atomic mass is 16.5. The summed E-state index contributed by atoms with van der Waals surface area (Å²) in [6.45, 7) is 2.44. The molecule has 0 heterocycles. The number of ether oxygens (including phenoxy) is 1. The van der Waals surface area contributed by atoms with E-state index in [1.54, 1.807) is 18.9 Å². The van der Waals surface area contributed by atoms with Gasteiger partial charge in [-0.25, -0.2) is 0 Å². The van der Waals surface area contributed by atoms with Gasteiger partial charge in [0, 0.05) is 0 Å². The number of hydrogen-bond acceptors (Lipinski definition) is 3. The third-order valence-electron chi connectivity index (χ3n) is 2.43. The Kier molecular flexibility index (Phi) is 4.95. The Morgan fingerprint density at radius 3 is 2.62 bits per heavy atom. The molecular formula is C12H17NO3. The number of benzene rings is 1. The van der Waals surface area contributed by atoms with E-state index >= 15 is 0 Å². The van der Waals surface area contributed by atoms with Crippen molar-refractivity contribution in [2.24, 2.45) is 0 Å². The van der Waals surface area contributed by atoms with Crippen molar-refractivity contribution in [1.29, 1.82) is 0 Å². The SMILES string of the molecule is C[C@@H](C(=O)O)N(C)COCc1ccccc1. The van der Waals surface area contributed by atoms with Crippen molar-refractivity contribution in [2.45, 2.75) is 19.6 Å². The molecule has 0 saturated heterocycles. The molecule has 0 unspecified atom stereocenters. The smallest absolute Gasteiger partial charge is 0.320 e. The van der Waals surface area contributed by atoms with Crippen LogP contribution in [0.2, 0.25) is 0 Å². The van der Waals surface area contributed by atoms with Gasteiger partial charge in [-0.3, -0.25) is 9.69 Å². The van der Waals surface area contributed by atoms with E-state index in [0.29, 0.717) is 13.3 Å². The molecule has 1 atom stereocenters. The molecule has 0 aliphatic rings. The van der Waals surface area contributed by atoms with Gasteiger partial charge in [0.05, 0.1) is 13.3 Å². The van der Waals surface area contributed by atoms with Crippen LogP contribution in [0.1, 0.15) is 12.5 Å². The molecule has 1 aromatic rings. The summed E-state index contributed by atoms with van der Waals surface area (Å²) in [4.78, 5) is 12.3. The maximum absolute atomic E-state index is 10.7. The molecule has 0 spiro atoms. The molecule has 1 rings (SSSR count). The number of aliphatic carboxylic acids is 1. The van der Waals surface area contributed by atoms with E-state index in [-0.39, 0.29) is 0 Å². The highest BCUT2D eigenvalue weighted by molar-refractivity contribution is 5.72. The fourth-order valence-electron chi connectivity index (χ4n) is 1.18. The molecule has 4 heteroatoms. The quantitative estimate of drug-likeness (QED) is 0.744. The fraction of sp³-hybridized carbons (Fsp3) is 0.417. The lowest BCUT2D eigenvalue weighted by atomic mass is 10.2. The molecule has 0 radical (unpaired) electrons. The van der Waals surface area contributed by atoms with Crippen LogP contribution in [-0.4, -0.2) is 35.8 Å². The second-order valence-corrected chi connectivity index (χ2v) is 3.73. The molecule has 1 aromatic carbocycles. The van der Waals surface area contributed by atoms with E-state index in [9.17, 15) is 4.79 Å². The Labute approximate surface area is 95.5 Å². The zero-order valence-corrected chi connectivity index (χ0v) is 9.59. The van der Waals surface area contributed by atoms with Crippen molar-refractivity contribution >= 4 is 5.97 Å². The summed E-state index contributed by atoms with van der Waals surface area (Å²) in [5.41, 5.74) is 1.08. The second kappa shape index (κ2) is 6.25. The van der Waals surface area contributed by atoms with Crippen molar-refractivity contribution in [3.05, 3.63) is 35.9 Å². The largest absolute Gasteiger partial charge is 0.480 e. The van der Waals surface area contributed by atoms with Gasteiger partial charge in [0.15, 0.2) is 0 Å². The van der Waals surface area contributed by atoms with Crippen molar-refractivity contribution in [2.75, 3.05) is 13.8 Å². The van der Waals surface area contributed by atoms with Gasteiger partial charge in [0.2, 0.25) is 0 Å². The number of carboxylic acid groups (broad SMARTS) is 1. The van der Waals surface area contributed by atoms with Crippen LogP contribution in [0.3, 0.4) is 0 Å². The minimum atomic E-state index is -0.842. The average Bonchev–Trinajstić information content (AvgIpc) is 2.29. The highest BCUT2D eigenvalue weighted by Crippen LogP contribution is 2.02. The first kappa shape index (κ1) is 12.7. The first-order valence-electron chi connectivity index (χ1n) is 5.16. The average molecular weight is 223 g/mol. The van der Waals surface area contributed by atoms with Crippen molar-refractivity contribution in [3.8, 4) is 0 Å². The summed E-state index contributed by atoms with van der Waals surface area (Å²) in [6, 6.07) is 9.25. The Bertz CT molecular complexity index is 326. The van der Waals surface area contributed by atoms with Crippen molar-refractivity contribution in [3.63, 3.8) is 0 Å². The third-order valence-corrected chi connectivity index (χ3v) is 2.43. The molecule has 0 aromatic heterocycles. The molecule has 1 N–H and O–H groups in total. The molecule has 0 fully saturated rings. The first-order valence-corrected chi connectivity index (χ1v) is 5.16. The number of nitrogens with zero attached hydrogens (tertiary/aromatic N) is 1. The van der Waals surface area contributed by atoms with Crippen LogP contribution in [-0.2, 0) is 16.1 Å². The van der Waals surface area contributed by atoms with Gasteiger partial charge in [0.25, 0.3) is 0 Å². The van der Waals surface area contributed by atoms with E-state index in [4.69, 9.17) is 9.84 Å². The normalized spacial score (nSPS) is 12.7. The van der Waals surface area contributed by atoms with Gasteiger partial charge < -0.3 is 9.84 Å². The van der Waals surface area contributed by atoms with Crippen LogP contribution in [0.15, 0.2) is 30.3 Å². The summed E-state index contributed by atoms with van der Waals surface area (Å²) in [7, 11) is 1.73. The van der Waals surface area contributed by atoms with Crippen LogP contribution >= 0.6 is 0 Å². The second-order valence-electron chi connectivity index (χ2n) is 3.73. The summed E-state index contributed by atoms with van der Waals surface area (Å²) in [5.74, 6) is -0.842. The van der Waals surface area contributed by atoms with E-state index in [1.165, 1.54) is 0 Å². The molecule has 0 bridgehead atoms. The molecule has 0 amide bonds. The van der Waals surface area contributed by atoms with E-state index in [2.05, 4.69) is 0 Å². The maximum Gasteiger partial charge on any atom is 0.320 e. The van der Waals surface area contributed by atoms with Gasteiger partial charge >= 0.3 is 5.97 Å². The lowest BCUT2D eigenvalue weighted by Gasteiger charge is -2.20. The fourth-order valence-corrected chi connectivity index (χ4v) is 1.18. The van der Waals surface area contributed by atoms with Crippen molar-refractivity contribution in [1.82, 2.24) is 4.90 Å². The van der Waals surface area contributed by atoms with Crippen LogP contribution < -0.4 is 0 Å². The summed E-state index contributed by atoms with van der Waals surface area (Å²) in [5, 5.41) is 8.77. The summed E-state index contributed by atoms with van der Waals surface area (Å²) >= 11 is 0. The highest BCUT2D eigenvalue weighted by Gasteiger charge is 2.15. The molecule has 0 saturated carbocycles. The molecular weight excluding hydrogens is 206 g/mol. The number of carbonyl (C=O) groups is 1. The Balaban J connectivity index is 2.28. The lowest BCUT2D eigenvalue weighted by Crippen LogP contribution is -2.37. The minimum absolute atomic E-state index is 0.308. The van der Waals surface area contributed by atoms with Gasteiger partial charge in [-0.1, -0.05) is 30.3 Å². The van der Waals surface area contributed by atoms with E-state index in [1.807, 2.05) is 30.3 Å². The van der Waals surface area contributed by atoms with Gasteiger partial charge in [-0.2, -0.15) is 0 Å². The van der Waals surface area contributed by atoms with Crippen molar-refractivity contribution < 1.29 is 14.6 Å². The van der Waals surface area contributed by atoms with Crippen LogP contribution in [0.5, 0.6) is 0 Å². The first-order chi connectivity index (χ1) is 7.61. The maximum atomic E-state index is 10.7. The summed E-state index contributed by atoms with van der Waals surface area (Å²) in [6.07, 6.45) is 0. The van der Waals surface area contributed by atoms with Gasteiger partial charge in [-0.05, 0) is 19.5 Å². The molecule has 16 heavy (non-hydrogen) atoms.